The van der Waals surface area contributed by atoms with Gasteiger partial charge in [0.25, 0.3) is 5.89 Å². The van der Waals surface area contributed by atoms with Crippen LogP contribution in [0.25, 0.3) is 33.7 Å². The summed E-state index contributed by atoms with van der Waals surface area (Å²) in [5.74, 6) is 0.0199. The number of anilines is 1. The summed E-state index contributed by atoms with van der Waals surface area (Å²) < 4.78 is 28.3. The number of morpholine rings is 1. The van der Waals surface area contributed by atoms with Crippen molar-refractivity contribution in [3.05, 3.63) is 63.1 Å². The highest BCUT2D eigenvalue weighted by atomic mass is 79.9. The lowest BCUT2D eigenvalue weighted by atomic mass is 10.1. The average Bonchev–Trinajstić information content (AvgIpc) is 3.27. The third-order valence-electron chi connectivity index (χ3n) is 5.35. The van der Waals surface area contributed by atoms with Crippen LogP contribution in [0.2, 0.25) is 0 Å². The number of rotatable bonds is 3. The second-order valence-corrected chi connectivity index (χ2v) is 8.25. The van der Waals surface area contributed by atoms with E-state index in [1.807, 2.05) is 29.2 Å². The van der Waals surface area contributed by atoms with E-state index >= 15 is 0 Å². The Labute approximate surface area is 185 Å². The molecular weight excluding hydrogens is 467 g/mol. The van der Waals surface area contributed by atoms with Crippen LogP contribution >= 0.6 is 15.9 Å². The summed E-state index contributed by atoms with van der Waals surface area (Å²) in [7, 11) is 1.80. The van der Waals surface area contributed by atoms with Gasteiger partial charge in [-0.15, -0.1) is 0 Å². The van der Waals surface area contributed by atoms with Gasteiger partial charge in [0, 0.05) is 41.8 Å². The molecule has 0 N–H and O–H groups in total. The summed E-state index contributed by atoms with van der Waals surface area (Å²) in [5.41, 5.74) is 1.71. The van der Waals surface area contributed by atoms with Crippen molar-refractivity contribution in [2.45, 2.75) is 0 Å². The van der Waals surface area contributed by atoms with Gasteiger partial charge in [0.05, 0.1) is 24.4 Å². The fourth-order valence-corrected chi connectivity index (χ4v) is 4.17. The van der Waals surface area contributed by atoms with E-state index in [9.17, 15) is 9.18 Å². The molecule has 0 radical (unpaired) electrons. The maximum atomic E-state index is 14.9. The number of nitrogens with zero attached hydrogens (tertiary/aromatic N) is 4. The molecule has 1 fully saturated rings. The smallest absolute Gasteiger partial charge is 0.263 e. The zero-order chi connectivity index (χ0) is 21.5. The summed E-state index contributed by atoms with van der Waals surface area (Å²) in [5, 5.41) is 4.26. The Morgan fingerprint density at radius 1 is 1.16 bits per heavy atom. The van der Waals surface area contributed by atoms with Crippen LogP contribution in [0.1, 0.15) is 0 Å². The van der Waals surface area contributed by atoms with Crippen LogP contribution in [-0.2, 0) is 11.8 Å². The van der Waals surface area contributed by atoms with E-state index < -0.39 is 5.82 Å². The lowest BCUT2D eigenvalue weighted by Crippen LogP contribution is -2.36. The molecule has 2 aromatic carbocycles. The quantitative estimate of drug-likeness (QED) is 0.437. The highest BCUT2D eigenvalue weighted by molar-refractivity contribution is 9.10. The fraction of sp³-hybridized carbons (Fsp3) is 0.227. The SMILES string of the molecule is Cn1cc(-c2nc(-c3cccc(Br)c3)no2)c(=O)c2cc(F)c(N3CCOCC3)cc21. The van der Waals surface area contributed by atoms with Gasteiger partial charge in [0.2, 0.25) is 11.3 Å². The lowest BCUT2D eigenvalue weighted by Gasteiger charge is -2.29. The van der Waals surface area contributed by atoms with Gasteiger partial charge in [-0.2, -0.15) is 4.98 Å². The van der Waals surface area contributed by atoms with Crippen molar-refractivity contribution in [3.8, 4) is 22.8 Å². The topological polar surface area (TPSA) is 73.4 Å². The molecule has 0 amide bonds. The molecule has 5 rings (SSSR count). The largest absolute Gasteiger partial charge is 0.378 e. The number of benzene rings is 2. The van der Waals surface area contributed by atoms with Crippen molar-refractivity contribution in [2.24, 2.45) is 7.05 Å². The van der Waals surface area contributed by atoms with Crippen molar-refractivity contribution in [3.63, 3.8) is 0 Å². The standard InChI is InChI=1S/C22H18BrFN4O3/c1-27-12-16(22-25-21(26-31-22)13-3-2-4-14(23)9-13)20(29)15-10-17(24)19(11-18(15)27)28-5-7-30-8-6-28/h2-4,9-12H,5-8H2,1H3. The molecule has 0 spiro atoms. The number of hydrogen-bond donors (Lipinski definition) is 0. The molecule has 1 aliphatic rings. The molecule has 158 valence electrons. The Kier molecular flexibility index (Phi) is 5.07. The van der Waals surface area contributed by atoms with Gasteiger partial charge in [0.1, 0.15) is 11.4 Å². The predicted molar refractivity (Wildman–Crippen MR) is 119 cm³/mol. The van der Waals surface area contributed by atoms with Crippen LogP contribution in [0.15, 0.2) is 56.4 Å². The first kappa shape index (κ1) is 19.9. The van der Waals surface area contributed by atoms with E-state index in [-0.39, 0.29) is 22.3 Å². The van der Waals surface area contributed by atoms with E-state index in [0.29, 0.717) is 43.3 Å². The second-order valence-electron chi connectivity index (χ2n) is 7.34. The molecule has 0 bridgehead atoms. The number of aryl methyl sites for hydroxylation is 1. The van der Waals surface area contributed by atoms with Crippen molar-refractivity contribution in [1.29, 1.82) is 0 Å². The van der Waals surface area contributed by atoms with Gasteiger partial charge in [-0.25, -0.2) is 4.39 Å². The molecule has 7 nitrogen and oxygen atoms in total. The monoisotopic (exact) mass is 484 g/mol. The van der Waals surface area contributed by atoms with Gasteiger partial charge in [-0.05, 0) is 24.3 Å². The fourth-order valence-electron chi connectivity index (χ4n) is 3.77. The molecule has 0 saturated carbocycles. The Bertz CT molecular complexity index is 1340. The minimum absolute atomic E-state index is 0.0927. The van der Waals surface area contributed by atoms with Crippen LogP contribution in [0.4, 0.5) is 10.1 Å². The van der Waals surface area contributed by atoms with E-state index in [4.69, 9.17) is 9.26 Å². The van der Waals surface area contributed by atoms with E-state index in [1.54, 1.807) is 23.9 Å². The van der Waals surface area contributed by atoms with Crippen LogP contribution < -0.4 is 10.3 Å². The summed E-state index contributed by atoms with van der Waals surface area (Å²) in [6, 6.07) is 10.5. The van der Waals surface area contributed by atoms with Crippen LogP contribution in [0.5, 0.6) is 0 Å². The Hall–Kier alpha value is -3.04. The minimum atomic E-state index is -0.441. The Morgan fingerprint density at radius 3 is 2.74 bits per heavy atom. The number of fused-ring (bicyclic) bond motifs is 1. The van der Waals surface area contributed by atoms with Crippen molar-refractivity contribution in [2.75, 3.05) is 31.2 Å². The number of hydrogen-bond acceptors (Lipinski definition) is 6. The summed E-state index contributed by atoms with van der Waals surface area (Å²) >= 11 is 3.42. The molecule has 31 heavy (non-hydrogen) atoms. The lowest BCUT2D eigenvalue weighted by molar-refractivity contribution is 0.122. The molecule has 4 aromatic rings. The minimum Gasteiger partial charge on any atom is -0.378 e. The van der Waals surface area contributed by atoms with Crippen molar-refractivity contribution < 1.29 is 13.7 Å². The van der Waals surface area contributed by atoms with Crippen LogP contribution in [0, 0.1) is 5.82 Å². The van der Waals surface area contributed by atoms with Gasteiger partial charge >= 0.3 is 0 Å². The molecule has 2 aromatic heterocycles. The summed E-state index contributed by atoms with van der Waals surface area (Å²) in [6.07, 6.45) is 1.64. The van der Waals surface area contributed by atoms with Crippen molar-refractivity contribution in [1.82, 2.24) is 14.7 Å². The molecular formula is C22H18BrFN4O3. The second kappa shape index (κ2) is 7.90. The van der Waals surface area contributed by atoms with Gasteiger partial charge in [-0.3, -0.25) is 4.79 Å². The molecule has 9 heteroatoms. The van der Waals surface area contributed by atoms with Crippen LogP contribution in [0.3, 0.4) is 0 Å². The van der Waals surface area contributed by atoms with E-state index in [0.717, 1.165) is 10.0 Å². The molecule has 3 heterocycles. The predicted octanol–water partition coefficient (Wildman–Crippen LogP) is 3.99. The third kappa shape index (κ3) is 3.64. The summed E-state index contributed by atoms with van der Waals surface area (Å²) in [4.78, 5) is 19.5. The normalized spacial score (nSPS) is 14.4. The Morgan fingerprint density at radius 2 is 1.97 bits per heavy atom. The number of halogens is 2. The first-order chi connectivity index (χ1) is 15.0. The van der Waals surface area contributed by atoms with Gasteiger partial charge in [-0.1, -0.05) is 33.2 Å². The molecule has 0 atom stereocenters. The zero-order valence-corrected chi connectivity index (χ0v) is 18.2. The Balaban J connectivity index is 1.60. The molecule has 1 aliphatic heterocycles. The maximum absolute atomic E-state index is 14.9. The molecule has 1 saturated heterocycles. The number of pyridine rings is 1. The third-order valence-corrected chi connectivity index (χ3v) is 5.84. The van der Waals surface area contributed by atoms with E-state index in [2.05, 4.69) is 26.1 Å². The van der Waals surface area contributed by atoms with Gasteiger partial charge < -0.3 is 18.7 Å². The number of ether oxygens (including phenoxy) is 1. The average molecular weight is 485 g/mol. The van der Waals surface area contributed by atoms with Crippen LogP contribution in [-0.4, -0.2) is 41.0 Å². The van der Waals surface area contributed by atoms with Crippen molar-refractivity contribution >= 4 is 32.5 Å². The van der Waals surface area contributed by atoms with E-state index in [1.165, 1.54) is 6.07 Å². The first-order valence-corrected chi connectivity index (χ1v) is 10.6. The summed E-state index contributed by atoms with van der Waals surface area (Å²) in [6.45, 7) is 2.31. The molecule has 0 aliphatic carbocycles. The maximum Gasteiger partial charge on any atom is 0.263 e. The zero-order valence-electron chi connectivity index (χ0n) is 16.6. The first-order valence-electron chi connectivity index (χ1n) is 9.77. The highest BCUT2D eigenvalue weighted by Gasteiger charge is 2.21. The molecule has 0 unspecified atom stereocenters. The highest BCUT2D eigenvalue weighted by Crippen LogP contribution is 2.28. The van der Waals surface area contributed by atoms with Gasteiger partial charge in [0.15, 0.2) is 0 Å². The number of aromatic nitrogens is 3.